The van der Waals surface area contributed by atoms with E-state index in [1.54, 1.807) is 0 Å². The number of hydrogen-bond donors (Lipinski definition) is 1. The normalized spacial score (nSPS) is 17.1. The van der Waals surface area contributed by atoms with Crippen molar-refractivity contribution in [2.75, 3.05) is 18.6 Å². The van der Waals surface area contributed by atoms with Crippen molar-refractivity contribution in [3.63, 3.8) is 0 Å². The van der Waals surface area contributed by atoms with Crippen molar-refractivity contribution >= 4 is 25.8 Å². The number of benzene rings is 1. The molecule has 1 fully saturated rings. The zero-order valence-electron chi connectivity index (χ0n) is 11.8. The highest BCUT2D eigenvalue weighted by Gasteiger charge is 2.23. The van der Waals surface area contributed by atoms with Crippen LogP contribution in [0, 0.1) is 0 Å². The number of rotatable bonds is 8. The van der Waals surface area contributed by atoms with E-state index < -0.39 is 9.84 Å². The Hall–Kier alpha value is -0.390. The monoisotopic (exact) mass is 359 g/mol. The molecule has 2 rings (SSSR count). The van der Waals surface area contributed by atoms with Gasteiger partial charge in [-0.15, -0.1) is 0 Å². The summed E-state index contributed by atoms with van der Waals surface area (Å²) in [5.74, 6) is 0.644. The van der Waals surface area contributed by atoms with E-state index in [9.17, 15) is 8.42 Å². The number of hydrogen-bond acceptors (Lipinski definition) is 3. The van der Waals surface area contributed by atoms with E-state index in [1.165, 1.54) is 24.7 Å². The van der Waals surface area contributed by atoms with Gasteiger partial charge in [0.05, 0.1) is 0 Å². The van der Waals surface area contributed by atoms with Crippen molar-refractivity contribution in [2.45, 2.75) is 37.6 Å². The molecule has 1 aromatic carbocycles. The molecule has 0 aromatic heterocycles. The first-order chi connectivity index (χ1) is 9.46. The van der Waals surface area contributed by atoms with Crippen molar-refractivity contribution in [1.29, 1.82) is 0 Å². The Balaban J connectivity index is 1.97. The molecule has 112 valence electrons. The second-order valence-corrected chi connectivity index (χ2v) is 8.79. The Morgan fingerprint density at radius 1 is 1.35 bits per heavy atom. The molecule has 5 heteroatoms. The van der Waals surface area contributed by atoms with Crippen LogP contribution < -0.4 is 5.32 Å². The van der Waals surface area contributed by atoms with Gasteiger partial charge in [0.2, 0.25) is 0 Å². The van der Waals surface area contributed by atoms with Gasteiger partial charge in [-0.25, -0.2) is 8.42 Å². The lowest BCUT2D eigenvalue weighted by atomic mass is 9.94. The largest absolute Gasteiger partial charge is 0.313 e. The van der Waals surface area contributed by atoms with Gasteiger partial charge in [-0.05, 0) is 43.2 Å². The van der Waals surface area contributed by atoms with Crippen LogP contribution in [0.5, 0.6) is 0 Å². The van der Waals surface area contributed by atoms with Crippen LogP contribution in [0.3, 0.4) is 0 Å². The topological polar surface area (TPSA) is 46.2 Å². The predicted molar refractivity (Wildman–Crippen MR) is 86.9 cm³/mol. The van der Waals surface area contributed by atoms with Crippen LogP contribution in [0.4, 0.5) is 0 Å². The van der Waals surface area contributed by atoms with Crippen molar-refractivity contribution in [3.8, 4) is 0 Å². The highest BCUT2D eigenvalue weighted by atomic mass is 79.9. The van der Waals surface area contributed by atoms with Gasteiger partial charge in [-0.1, -0.05) is 34.1 Å². The number of sulfone groups is 1. The van der Waals surface area contributed by atoms with E-state index in [2.05, 4.69) is 33.4 Å². The smallest absolute Gasteiger partial charge is 0.147 e. The van der Waals surface area contributed by atoms with E-state index >= 15 is 0 Å². The van der Waals surface area contributed by atoms with Gasteiger partial charge in [-0.3, -0.25) is 0 Å². The van der Waals surface area contributed by atoms with Gasteiger partial charge >= 0.3 is 0 Å². The summed E-state index contributed by atoms with van der Waals surface area (Å²) < 4.78 is 23.6. The van der Waals surface area contributed by atoms with Gasteiger partial charge in [0, 0.05) is 29.1 Å². The molecule has 0 radical (unpaired) electrons. The standard InChI is InChI=1S/C15H22BrNO2S/c1-20(18,19)10-4-5-12(11-17-13-8-9-13)14-6-2-3-7-15(14)16/h2-3,6-7,12-13,17H,4-5,8-11H2,1H3. The molecule has 0 saturated heterocycles. The summed E-state index contributed by atoms with van der Waals surface area (Å²) in [5, 5.41) is 3.56. The Morgan fingerprint density at radius 3 is 2.65 bits per heavy atom. The van der Waals surface area contributed by atoms with Crippen LogP contribution >= 0.6 is 15.9 Å². The molecule has 1 aliphatic rings. The van der Waals surface area contributed by atoms with Crippen LogP contribution in [0.25, 0.3) is 0 Å². The van der Waals surface area contributed by atoms with E-state index in [-0.39, 0.29) is 5.75 Å². The van der Waals surface area contributed by atoms with Crippen LogP contribution in [0.15, 0.2) is 28.7 Å². The van der Waals surface area contributed by atoms with Crippen LogP contribution in [-0.2, 0) is 9.84 Å². The zero-order valence-corrected chi connectivity index (χ0v) is 14.2. The first kappa shape index (κ1) is 16.0. The summed E-state index contributed by atoms with van der Waals surface area (Å²) in [7, 11) is -2.86. The van der Waals surface area contributed by atoms with Crippen LogP contribution in [0.1, 0.15) is 37.2 Å². The minimum atomic E-state index is -2.86. The van der Waals surface area contributed by atoms with E-state index in [1.807, 2.05) is 12.1 Å². The van der Waals surface area contributed by atoms with E-state index in [0.717, 1.165) is 23.9 Å². The number of nitrogens with one attached hydrogen (secondary N) is 1. The first-order valence-corrected chi connectivity index (χ1v) is 9.96. The first-order valence-electron chi connectivity index (χ1n) is 7.11. The molecule has 0 heterocycles. The van der Waals surface area contributed by atoms with Gasteiger partial charge < -0.3 is 5.32 Å². The maximum atomic E-state index is 11.3. The van der Waals surface area contributed by atoms with Gasteiger partial charge in [0.1, 0.15) is 9.84 Å². The lowest BCUT2D eigenvalue weighted by Crippen LogP contribution is -2.24. The van der Waals surface area contributed by atoms with Crippen molar-refractivity contribution in [2.24, 2.45) is 0 Å². The zero-order chi connectivity index (χ0) is 14.6. The lowest BCUT2D eigenvalue weighted by molar-refractivity contribution is 0.537. The summed E-state index contributed by atoms with van der Waals surface area (Å²) in [4.78, 5) is 0. The summed E-state index contributed by atoms with van der Waals surface area (Å²) in [6.07, 6.45) is 5.47. The summed E-state index contributed by atoms with van der Waals surface area (Å²) in [6, 6.07) is 8.91. The molecule has 1 N–H and O–H groups in total. The lowest BCUT2D eigenvalue weighted by Gasteiger charge is -2.19. The molecule has 0 aliphatic heterocycles. The minimum absolute atomic E-state index is 0.275. The maximum Gasteiger partial charge on any atom is 0.147 e. The highest BCUT2D eigenvalue weighted by molar-refractivity contribution is 9.10. The molecule has 1 unspecified atom stereocenters. The molecular formula is C15H22BrNO2S. The fourth-order valence-corrected chi connectivity index (χ4v) is 3.66. The van der Waals surface area contributed by atoms with Gasteiger partial charge in [-0.2, -0.15) is 0 Å². The molecular weight excluding hydrogens is 338 g/mol. The quantitative estimate of drug-likeness (QED) is 0.775. The molecule has 1 atom stereocenters. The Kier molecular flexibility index (Phi) is 5.64. The SMILES string of the molecule is CS(=O)(=O)CCCC(CNC1CC1)c1ccccc1Br. The number of halogens is 1. The third kappa shape index (κ3) is 5.54. The Morgan fingerprint density at radius 2 is 2.05 bits per heavy atom. The molecule has 1 aromatic rings. The maximum absolute atomic E-state index is 11.3. The fraction of sp³-hybridized carbons (Fsp3) is 0.600. The third-order valence-corrected chi connectivity index (χ3v) is 5.40. The fourth-order valence-electron chi connectivity index (χ4n) is 2.36. The second-order valence-electron chi connectivity index (χ2n) is 5.67. The van der Waals surface area contributed by atoms with Gasteiger partial charge in [0.25, 0.3) is 0 Å². The second kappa shape index (κ2) is 7.05. The Bertz CT molecular complexity index is 541. The summed E-state index contributed by atoms with van der Waals surface area (Å²) >= 11 is 3.60. The van der Waals surface area contributed by atoms with Crippen LogP contribution in [0.2, 0.25) is 0 Å². The van der Waals surface area contributed by atoms with Crippen LogP contribution in [-0.4, -0.2) is 33.0 Å². The van der Waals surface area contributed by atoms with Crippen molar-refractivity contribution < 1.29 is 8.42 Å². The average Bonchev–Trinajstić information content (AvgIpc) is 3.17. The summed E-state index contributed by atoms with van der Waals surface area (Å²) in [5.41, 5.74) is 1.27. The molecule has 20 heavy (non-hydrogen) atoms. The van der Waals surface area contributed by atoms with E-state index in [0.29, 0.717) is 12.0 Å². The van der Waals surface area contributed by atoms with Gasteiger partial charge in [0.15, 0.2) is 0 Å². The predicted octanol–water partition coefficient (Wildman–Crippen LogP) is 3.11. The molecule has 0 bridgehead atoms. The minimum Gasteiger partial charge on any atom is -0.313 e. The summed E-state index contributed by atoms with van der Waals surface area (Å²) in [6.45, 7) is 0.928. The highest BCUT2D eigenvalue weighted by Crippen LogP contribution is 2.29. The van der Waals surface area contributed by atoms with E-state index in [4.69, 9.17) is 0 Å². The van der Waals surface area contributed by atoms with Crippen molar-refractivity contribution in [1.82, 2.24) is 5.32 Å². The Labute approximate surface area is 130 Å². The third-order valence-electron chi connectivity index (χ3n) is 3.64. The average molecular weight is 360 g/mol. The molecule has 3 nitrogen and oxygen atoms in total. The molecule has 0 amide bonds. The molecule has 0 spiro atoms. The molecule has 1 saturated carbocycles. The van der Waals surface area contributed by atoms with Crippen molar-refractivity contribution in [3.05, 3.63) is 34.3 Å². The molecule has 1 aliphatic carbocycles.